The lowest BCUT2D eigenvalue weighted by Gasteiger charge is -2.34. The molecule has 0 saturated carbocycles. The molecule has 1 fully saturated rings. The van der Waals surface area contributed by atoms with Gasteiger partial charge in [-0.2, -0.15) is 0 Å². The predicted octanol–water partition coefficient (Wildman–Crippen LogP) is 0.707. The first-order chi connectivity index (χ1) is 6.33. The minimum absolute atomic E-state index is 0.294. The fraction of sp³-hybridized carbons (Fsp3) is 0.900. The molecule has 0 radical (unpaired) electrons. The Morgan fingerprint density at radius 1 is 1.50 bits per heavy atom. The summed E-state index contributed by atoms with van der Waals surface area (Å²) >= 11 is 0. The van der Waals surface area contributed by atoms with Crippen LogP contribution in [0.2, 0.25) is 0 Å². The van der Waals surface area contributed by atoms with Crippen LogP contribution >= 0.6 is 0 Å². The summed E-state index contributed by atoms with van der Waals surface area (Å²) in [5.41, 5.74) is -1.29. The summed E-state index contributed by atoms with van der Waals surface area (Å²) in [6, 6.07) is 0. The van der Waals surface area contributed by atoms with Crippen LogP contribution in [-0.2, 0) is 14.3 Å². The molecule has 0 aromatic carbocycles. The summed E-state index contributed by atoms with van der Waals surface area (Å²) in [4.78, 5) is 11.7. The van der Waals surface area contributed by atoms with Crippen molar-refractivity contribution in [2.24, 2.45) is 0 Å². The molecule has 4 heteroatoms. The monoisotopic (exact) mass is 201 g/mol. The predicted molar refractivity (Wildman–Crippen MR) is 53.1 cm³/mol. The molecule has 1 heterocycles. The molecule has 0 aromatic heterocycles. The van der Waals surface area contributed by atoms with Crippen molar-refractivity contribution in [3.05, 3.63) is 0 Å². The standard InChI is InChI=1S/C10H19NO3/c1-9(2,3)14-8(12)10(4)7-11-5-6-13-10/h11H,5-7H2,1-4H3/t10-/m0/s1. The van der Waals surface area contributed by atoms with Crippen molar-refractivity contribution >= 4 is 5.97 Å². The zero-order valence-electron chi connectivity index (χ0n) is 9.35. The minimum atomic E-state index is -0.828. The average molecular weight is 201 g/mol. The number of morpholine rings is 1. The topological polar surface area (TPSA) is 47.6 Å². The molecule has 1 aliphatic rings. The molecule has 1 rings (SSSR count). The van der Waals surface area contributed by atoms with E-state index in [1.165, 1.54) is 0 Å². The Labute approximate surface area is 85.0 Å². The zero-order valence-corrected chi connectivity index (χ0v) is 9.35. The van der Waals surface area contributed by atoms with Crippen LogP contribution in [0.5, 0.6) is 0 Å². The minimum Gasteiger partial charge on any atom is -0.458 e. The van der Waals surface area contributed by atoms with Crippen LogP contribution in [0.3, 0.4) is 0 Å². The van der Waals surface area contributed by atoms with Gasteiger partial charge >= 0.3 is 5.97 Å². The van der Waals surface area contributed by atoms with Gasteiger partial charge < -0.3 is 14.8 Å². The molecule has 0 aliphatic carbocycles. The fourth-order valence-electron chi connectivity index (χ4n) is 1.24. The molecular formula is C10H19NO3. The van der Waals surface area contributed by atoms with Crippen molar-refractivity contribution in [2.75, 3.05) is 19.7 Å². The number of rotatable bonds is 1. The van der Waals surface area contributed by atoms with Gasteiger partial charge in [-0.1, -0.05) is 0 Å². The second kappa shape index (κ2) is 3.87. The van der Waals surface area contributed by atoms with Crippen molar-refractivity contribution in [3.63, 3.8) is 0 Å². The van der Waals surface area contributed by atoms with Crippen LogP contribution < -0.4 is 5.32 Å². The number of ether oxygens (including phenoxy) is 2. The van der Waals surface area contributed by atoms with Gasteiger partial charge in [0.15, 0.2) is 5.60 Å². The number of carbonyl (C=O) groups is 1. The summed E-state index contributed by atoms with van der Waals surface area (Å²) in [6.45, 7) is 9.17. The van der Waals surface area contributed by atoms with Crippen LogP contribution in [0.4, 0.5) is 0 Å². The number of carbonyl (C=O) groups excluding carboxylic acids is 1. The van der Waals surface area contributed by atoms with Crippen molar-refractivity contribution in [1.29, 1.82) is 0 Å². The van der Waals surface area contributed by atoms with E-state index in [2.05, 4.69) is 5.32 Å². The Balaban J connectivity index is 2.58. The van der Waals surface area contributed by atoms with Crippen LogP contribution in [0, 0.1) is 0 Å². The van der Waals surface area contributed by atoms with Gasteiger partial charge in [0, 0.05) is 13.1 Å². The van der Waals surface area contributed by atoms with Gasteiger partial charge in [0.05, 0.1) is 6.61 Å². The second-order valence-electron chi connectivity index (χ2n) is 4.76. The number of hydrogen-bond acceptors (Lipinski definition) is 4. The van der Waals surface area contributed by atoms with Crippen LogP contribution in [-0.4, -0.2) is 36.9 Å². The average Bonchev–Trinajstić information content (AvgIpc) is 2.02. The first-order valence-electron chi connectivity index (χ1n) is 4.92. The van der Waals surface area contributed by atoms with Gasteiger partial charge in [-0.3, -0.25) is 0 Å². The molecule has 1 atom stereocenters. The molecule has 14 heavy (non-hydrogen) atoms. The summed E-state index contributed by atoms with van der Waals surface area (Å²) in [5.74, 6) is -0.294. The lowest BCUT2D eigenvalue weighted by atomic mass is 10.1. The zero-order chi connectivity index (χ0) is 10.8. The highest BCUT2D eigenvalue weighted by Gasteiger charge is 2.39. The highest BCUT2D eigenvalue weighted by molar-refractivity contribution is 5.80. The number of esters is 1. The summed E-state index contributed by atoms with van der Waals surface area (Å²) < 4.78 is 10.7. The molecule has 1 N–H and O–H groups in total. The number of nitrogens with one attached hydrogen (secondary N) is 1. The summed E-state index contributed by atoms with van der Waals surface area (Å²) in [6.07, 6.45) is 0. The molecule has 1 aliphatic heterocycles. The third kappa shape index (κ3) is 2.96. The fourth-order valence-corrected chi connectivity index (χ4v) is 1.24. The Bertz CT molecular complexity index is 214. The van der Waals surface area contributed by atoms with Gasteiger partial charge in [-0.25, -0.2) is 4.79 Å². The van der Waals surface area contributed by atoms with Gasteiger partial charge in [0.2, 0.25) is 0 Å². The molecule has 0 bridgehead atoms. The Morgan fingerprint density at radius 2 is 2.14 bits per heavy atom. The Kier molecular flexibility index (Phi) is 3.17. The molecule has 0 unspecified atom stereocenters. The maximum atomic E-state index is 11.7. The molecule has 0 aromatic rings. The lowest BCUT2D eigenvalue weighted by Crippen LogP contribution is -2.54. The van der Waals surface area contributed by atoms with E-state index < -0.39 is 11.2 Å². The first-order valence-corrected chi connectivity index (χ1v) is 4.92. The number of hydrogen-bond donors (Lipinski definition) is 1. The van der Waals surface area contributed by atoms with Crippen molar-refractivity contribution in [1.82, 2.24) is 5.32 Å². The Morgan fingerprint density at radius 3 is 2.57 bits per heavy atom. The molecular weight excluding hydrogens is 182 g/mol. The lowest BCUT2D eigenvalue weighted by molar-refractivity contribution is -0.184. The molecule has 4 nitrogen and oxygen atoms in total. The van der Waals surface area contributed by atoms with Gasteiger partial charge in [0.1, 0.15) is 5.60 Å². The summed E-state index contributed by atoms with van der Waals surface area (Å²) in [5, 5.41) is 3.12. The van der Waals surface area contributed by atoms with Crippen LogP contribution in [0.1, 0.15) is 27.7 Å². The van der Waals surface area contributed by atoms with Crippen molar-refractivity contribution < 1.29 is 14.3 Å². The van der Waals surface area contributed by atoms with E-state index >= 15 is 0 Å². The van der Waals surface area contributed by atoms with Crippen LogP contribution in [0.15, 0.2) is 0 Å². The molecule has 0 spiro atoms. The van der Waals surface area contributed by atoms with Gasteiger partial charge in [-0.15, -0.1) is 0 Å². The van der Waals surface area contributed by atoms with Crippen molar-refractivity contribution in [2.45, 2.75) is 38.9 Å². The van der Waals surface area contributed by atoms with E-state index in [1.807, 2.05) is 20.8 Å². The van der Waals surface area contributed by atoms with Crippen molar-refractivity contribution in [3.8, 4) is 0 Å². The highest BCUT2D eigenvalue weighted by Crippen LogP contribution is 2.18. The summed E-state index contributed by atoms with van der Waals surface area (Å²) in [7, 11) is 0. The third-order valence-corrected chi connectivity index (χ3v) is 1.99. The molecule has 0 amide bonds. The first kappa shape index (κ1) is 11.5. The maximum absolute atomic E-state index is 11.7. The van der Waals surface area contributed by atoms with E-state index in [9.17, 15) is 4.79 Å². The van der Waals surface area contributed by atoms with E-state index in [0.29, 0.717) is 13.2 Å². The van der Waals surface area contributed by atoms with Gasteiger partial charge in [0.25, 0.3) is 0 Å². The quantitative estimate of drug-likeness (QED) is 0.635. The normalized spacial score (nSPS) is 28.6. The van der Waals surface area contributed by atoms with Gasteiger partial charge in [-0.05, 0) is 27.7 Å². The SMILES string of the molecule is CC(C)(C)OC(=O)[C@]1(C)CNCCO1. The largest absolute Gasteiger partial charge is 0.458 e. The van der Waals surface area contributed by atoms with E-state index in [1.54, 1.807) is 6.92 Å². The van der Waals surface area contributed by atoms with E-state index in [-0.39, 0.29) is 5.97 Å². The van der Waals surface area contributed by atoms with Crippen LogP contribution in [0.25, 0.3) is 0 Å². The smallest absolute Gasteiger partial charge is 0.339 e. The third-order valence-electron chi connectivity index (χ3n) is 1.99. The van der Waals surface area contributed by atoms with E-state index in [4.69, 9.17) is 9.47 Å². The maximum Gasteiger partial charge on any atom is 0.339 e. The van der Waals surface area contributed by atoms with E-state index in [0.717, 1.165) is 6.54 Å². The Hall–Kier alpha value is -0.610. The highest BCUT2D eigenvalue weighted by atomic mass is 16.6. The molecule has 1 saturated heterocycles. The molecule has 82 valence electrons. The second-order valence-corrected chi connectivity index (χ2v) is 4.76.